The van der Waals surface area contributed by atoms with Crippen molar-refractivity contribution in [2.75, 3.05) is 0 Å². The number of hydrogen-bond donors (Lipinski definition) is 0. The van der Waals surface area contributed by atoms with E-state index in [1.807, 2.05) is 36.4 Å². The summed E-state index contributed by atoms with van der Waals surface area (Å²) < 4.78 is 1.06. The summed E-state index contributed by atoms with van der Waals surface area (Å²) in [5.41, 5.74) is 3.16. The van der Waals surface area contributed by atoms with E-state index in [0.29, 0.717) is 0 Å². The van der Waals surface area contributed by atoms with Gasteiger partial charge in [-0.15, -0.1) is 6.42 Å². The first-order valence-corrected chi connectivity index (χ1v) is 5.42. The molecule has 0 heterocycles. The molecule has 0 N–H and O–H groups in total. The van der Waals surface area contributed by atoms with Crippen molar-refractivity contribution in [3.05, 3.63) is 58.6 Å². The highest BCUT2D eigenvalue weighted by molar-refractivity contribution is 9.10. The van der Waals surface area contributed by atoms with E-state index >= 15 is 0 Å². The van der Waals surface area contributed by atoms with Crippen LogP contribution in [0.1, 0.15) is 5.56 Å². The first-order chi connectivity index (χ1) is 7.31. The molecule has 0 bridgehead atoms. The second-order valence-corrected chi connectivity index (χ2v) is 4.12. The molecule has 0 fully saturated rings. The third-order valence-corrected chi connectivity index (χ3v) is 2.71. The first kappa shape index (κ1) is 10.0. The molecular formula is C14H9Br. The third kappa shape index (κ3) is 2.11. The zero-order valence-electron chi connectivity index (χ0n) is 8.07. The summed E-state index contributed by atoms with van der Waals surface area (Å²) in [6.45, 7) is 0. The fourth-order valence-electron chi connectivity index (χ4n) is 1.52. The van der Waals surface area contributed by atoms with Crippen LogP contribution in [0.4, 0.5) is 0 Å². The predicted molar refractivity (Wildman–Crippen MR) is 67.5 cm³/mol. The van der Waals surface area contributed by atoms with E-state index in [1.54, 1.807) is 0 Å². The van der Waals surface area contributed by atoms with Crippen LogP contribution in [0, 0.1) is 12.3 Å². The van der Waals surface area contributed by atoms with E-state index < -0.39 is 0 Å². The van der Waals surface area contributed by atoms with E-state index in [9.17, 15) is 0 Å². The van der Waals surface area contributed by atoms with E-state index in [4.69, 9.17) is 6.42 Å². The van der Waals surface area contributed by atoms with Gasteiger partial charge in [0.2, 0.25) is 0 Å². The SMILES string of the molecule is C#Cc1ccccc1-c1cccc(Br)c1. The molecule has 0 atom stereocenters. The summed E-state index contributed by atoms with van der Waals surface area (Å²) in [5.74, 6) is 2.70. The largest absolute Gasteiger partial charge is 0.115 e. The number of rotatable bonds is 1. The van der Waals surface area contributed by atoms with Crippen LogP contribution in [0.2, 0.25) is 0 Å². The predicted octanol–water partition coefficient (Wildman–Crippen LogP) is 4.10. The van der Waals surface area contributed by atoms with Crippen LogP contribution in [0.5, 0.6) is 0 Å². The maximum Gasteiger partial charge on any atom is 0.0321 e. The third-order valence-electron chi connectivity index (χ3n) is 2.22. The molecule has 2 rings (SSSR count). The van der Waals surface area contributed by atoms with Gasteiger partial charge in [-0.3, -0.25) is 0 Å². The highest BCUT2D eigenvalue weighted by Crippen LogP contribution is 2.25. The van der Waals surface area contributed by atoms with E-state index in [2.05, 4.69) is 34.0 Å². The summed E-state index contributed by atoms with van der Waals surface area (Å²) in [6, 6.07) is 16.1. The zero-order chi connectivity index (χ0) is 10.7. The Morgan fingerprint density at radius 3 is 2.53 bits per heavy atom. The van der Waals surface area contributed by atoms with Crippen LogP contribution < -0.4 is 0 Å². The fraction of sp³-hybridized carbons (Fsp3) is 0. The number of hydrogen-bond acceptors (Lipinski definition) is 0. The van der Waals surface area contributed by atoms with Gasteiger partial charge in [0.15, 0.2) is 0 Å². The average Bonchev–Trinajstić information content (AvgIpc) is 2.29. The summed E-state index contributed by atoms with van der Waals surface area (Å²) in [4.78, 5) is 0. The lowest BCUT2D eigenvalue weighted by atomic mass is 10.0. The molecule has 0 nitrogen and oxygen atoms in total. The molecule has 0 spiro atoms. The summed E-state index contributed by atoms with van der Waals surface area (Å²) in [6.07, 6.45) is 5.46. The van der Waals surface area contributed by atoms with Gasteiger partial charge in [-0.1, -0.05) is 52.2 Å². The molecule has 0 aliphatic rings. The Bertz CT molecular complexity index is 521. The van der Waals surface area contributed by atoms with Gasteiger partial charge in [-0.2, -0.15) is 0 Å². The van der Waals surface area contributed by atoms with Crippen LogP contribution >= 0.6 is 15.9 Å². The molecule has 2 aromatic rings. The Labute approximate surface area is 98.1 Å². The van der Waals surface area contributed by atoms with Crippen molar-refractivity contribution < 1.29 is 0 Å². The summed E-state index contributed by atoms with van der Waals surface area (Å²) in [7, 11) is 0. The zero-order valence-corrected chi connectivity index (χ0v) is 9.66. The molecule has 2 aromatic carbocycles. The monoisotopic (exact) mass is 256 g/mol. The quantitative estimate of drug-likeness (QED) is 0.675. The molecule has 0 saturated heterocycles. The minimum atomic E-state index is 0.926. The van der Waals surface area contributed by atoms with Crippen molar-refractivity contribution in [2.24, 2.45) is 0 Å². The Morgan fingerprint density at radius 1 is 1.00 bits per heavy atom. The van der Waals surface area contributed by atoms with E-state index in [1.165, 1.54) is 0 Å². The van der Waals surface area contributed by atoms with Crippen molar-refractivity contribution >= 4 is 15.9 Å². The molecule has 0 amide bonds. The fourth-order valence-corrected chi connectivity index (χ4v) is 1.92. The Kier molecular flexibility index (Phi) is 2.89. The molecule has 1 heteroatoms. The number of terminal acetylenes is 1. The lowest BCUT2D eigenvalue weighted by molar-refractivity contribution is 1.57. The second kappa shape index (κ2) is 4.33. The molecule has 0 aliphatic carbocycles. The second-order valence-electron chi connectivity index (χ2n) is 3.20. The highest BCUT2D eigenvalue weighted by Gasteiger charge is 2.01. The van der Waals surface area contributed by atoms with Crippen LogP contribution in [0.25, 0.3) is 11.1 Å². The van der Waals surface area contributed by atoms with E-state index in [0.717, 1.165) is 21.2 Å². The molecule has 0 saturated carbocycles. The van der Waals surface area contributed by atoms with Gasteiger partial charge < -0.3 is 0 Å². The molecule has 0 unspecified atom stereocenters. The number of halogens is 1. The normalized spacial score (nSPS) is 9.60. The standard InChI is InChI=1S/C14H9Br/c1-2-11-6-3-4-9-14(11)12-7-5-8-13(15)10-12/h1,3-10H. The van der Waals surface area contributed by atoms with Gasteiger partial charge in [0, 0.05) is 10.0 Å². The van der Waals surface area contributed by atoms with E-state index in [-0.39, 0.29) is 0 Å². The van der Waals surface area contributed by atoms with Gasteiger partial charge in [0.05, 0.1) is 0 Å². The van der Waals surface area contributed by atoms with Gasteiger partial charge >= 0.3 is 0 Å². The Hall–Kier alpha value is -1.52. The Balaban J connectivity index is 2.60. The smallest absolute Gasteiger partial charge is 0.0321 e. The van der Waals surface area contributed by atoms with Crippen LogP contribution in [-0.2, 0) is 0 Å². The molecule has 0 aromatic heterocycles. The topological polar surface area (TPSA) is 0 Å². The summed E-state index contributed by atoms with van der Waals surface area (Å²) >= 11 is 3.45. The number of benzene rings is 2. The van der Waals surface area contributed by atoms with Crippen molar-refractivity contribution in [3.8, 4) is 23.5 Å². The van der Waals surface area contributed by atoms with Gasteiger partial charge in [0.25, 0.3) is 0 Å². The summed E-state index contributed by atoms with van der Waals surface area (Å²) in [5, 5.41) is 0. The van der Waals surface area contributed by atoms with Crippen molar-refractivity contribution in [1.82, 2.24) is 0 Å². The van der Waals surface area contributed by atoms with Crippen molar-refractivity contribution in [1.29, 1.82) is 0 Å². The molecule has 15 heavy (non-hydrogen) atoms. The van der Waals surface area contributed by atoms with Crippen LogP contribution in [-0.4, -0.2) is 0 Å². The van der Waals surface area contributed by atoms with Crippen LogP contribution in [0.3, 0.4) is 0 Å². The van der Waals surface area contributed by atoms with Crippen molar-refractivity contribution in [3.63, 3.8) is 0 Å². The molecule has 72 valence electrons. The van der Waals surface area contributed by atoms with Crippen LogP contribution in [0.15, 0.2) is 53.0 Å². The Morgan fingerprint density at radius 2 is 1.80 bits per heavy atom. The minimum absolute atomic E-state index is 0.926. The average molecular weight is 257 g/mol. The minimum Gasteiger partial charge on any atom is -0.115 e. The van der Waals surface area contributed by atoms with Crippen molar-refractivity contribution in [2.45, 2.75) is 0 Å². The van der Waals surface area contributed by atoms with Gasteiger partial charge in [0.1, 0.15) is 0 Å². The molecule has 0 aliphatic heterocycles. The lowest BCUT2D eigenvalue weighted by Gasteiger charge is -2.04. The maximum atomic E-state index is 5.46. The molecule has 0 radical (unpaired) electrons. The highest BCUT2D eigenvalue weighted by atomic mass is 79.9. The maximum absolute atomic E-state index is 5.46. The molecular weight excluding hydrogens is 248 g/mol. The first-order valence-electron chi connectivity index (χ1n) is 4.63. The lowest BCUT2D eigenvalue weighted by Crippen LogP contribution is -1.83. The van der Waals surface area contributed by atoms with Gasteiger partial charge in [-0.05, 0) is 29.3 Å². The van der Waals surface area contributed by atoms with Gasteiger partial charge in [-0.25, -0.2) is 0 Å².